The highest BCUT2D eigenvalue weighted by Crippen LogP contribution is 2.41. The molecule has 446 valence electrons. The molecule has 2 saturated heterocycles. The monoisotopic (exact) mass is 1160 g/mol. The number of hydrogen-bond acceptors (Lipinski definition) is 16. The molecule has 22 nitrogen and oxygen atoms in total. The van der Waals surface area contributed by atoms with Crippen LogP contribution in [0.25, 0.3) is 0 Å². The van der Waals surface area contributed by atoms with Gasteiger partial charge in [-0.3, -0.25) is 43.7 Å². The van der Waals surface area contributed by atoms with Crippen LogP contribution in [-0.2, 0) is 59.0 Å². The minimum Gasteiger partial charge on any atom is -0.480 e. The van der Waals surface area contributed by atoms with Gasteiger partial charge < -0.3 is 39.9 Å². The van der Waals surface area contributed by atoms with Gasteiger partial charge in [-0.15, -0.1) is 11.8 Å². The van der Waals surface area contributed by atoms with Crippen LogP contribution in [0, 0.1) is 23.7 Å². The van der Waals surface area contributed by atoms with E-state index in [9.17, 15) is 48.3 Å². The van der Waals surface area contributed by atoms with Crippen LogP contribution in [-0.4, -0.2) is 181 Å². The summed E-state index contributed by atoms with van der Waals surface area (Å²) in [6.45, 7) is 13.1. The third-order valence-electron chi connectivity index (χ3n) is 16.3. The Morgan fingerprint density at radius 3 is 2.15 bits per heavy atom. The van der Waals surface area contributed by atoms with Gasteiger partial charge in [0.25, 0.3) is 0 Å². The van der Waals surface area contributed by atoms with Crippen molar-refractivity contribution < 1.29 is 57.7 Å². The molecule has 6 rings (SSSR count). The summed E-state index contributed by atoms with van der Waals surface area (Å²) in [4.78, 5) is 142. The van der Waals surface area contributed by atoms with E-state index < -0.39 is 113 Å². The van der Waals surface area contributed by atoms with Crippen LogP contribution >= 0.6 is 23.5 Å². The minimum atomic E-state index is -1.18. The van der Waals surface area contributed by atoms with Gasteiger partial charge in [-0.05, 0) is 61.8 Å². The molecular formula is C57H84N10O12S2. The van der Waals surface area contributed by atoms with E-state index in [-0.39, 0.29) is 71.5 Å². The molecule has 4 heterocycles. The quantitative estimate of drug-likeness (QED) is 0.0939. The Morgan fingerprint density at radius 1 is 0.815 bits per heavy atom. The number of aliphatic carboxylic acids is 1. The number of carbonyl (C=O) groups excluding carboxylic acids is 8. The van der Waals surface area contributed by atoms with Crippen LogP contribution in [0.4, 0.5) is 11.9 Å². The molecule has 6 bridgehead atoms. The number of thioether (sulfide) groups is 2. The molecule has 81 heavy (non-hydrogen) atoms. The number of likely N-dealkylation sites (tertiary alicyclic amines) is 1. The van der Waals surface area contributed by atoms with Crippen LogP contribution in [0.3, 0.4) is 0 Å². The Morgan fingerprint density at radius 2 is 1.51 bits per heavy atom. The number of methoxy groups -OCH3 is 2. The number of likely N-dealkylation sites (N-methyl/N-ethyl adjacent to an activating group) is 2. The van der Waals surface area contributed by atoms with Crippen LogP contribution in [0.1, 0.15) is 131 Å². The zero-order valence-electron chi connectivity index (χ0n) is 48.8. The number of imide groups is 1. The number of carbonyl (C=O) groups is 9. The number of nitrogens with one attached hydrogen (secondary N) is 3. The van der Waals surface area contributed by atoms with E-state index in [1.807, 2.05) is 19.9 Å². The van der Waals surface area contributed by atoms with Gasteiger partial charge in [-0.25, -0.2) is 9.69 Å². The maximum atomic E-state index is 14.8. The maximum Gasteiger partial charge on any atom is 0.326 e. The lowest BCUT2D eigenvalue weighted by atomic mass is 9.89. The van der Waals surface area contributed by atoms with E-state index in [1.54, 1.807) is 82.6 Å². The molecule has 1 aromatic carbocycles. The summed E-state index contributed by atoms with van der Waals surface area (Å²) in [5.74, 6) is -7.07. The maximum absolute atomic E-state index is 14.8. The second kappa shape index (κ2) is 29.5. The fourth-order valence-electron chi connectivity index (χ4n) is 11.6. The Hall–Kier alpha value is -5.72. The summed E-state index contributed by atoms with van der Waals surface area (Å²) in [7, 11) is 6.05. The van der Waals surface area contributed by atoms with Crippen molar-refractivity contribution in [3.8, 4) is 0 Å². The zero-order valence-corrected chi connectivity index (χ0v) is 50.4. The molecule has 8 amide bonds. The fourth-order valence-corrected chi connectivity index (χ4v) is 14.2. The number of amides is 8. The molecule has 1 aliphatic carbocycles. The third kappa shape index (κ3) is 16.3. The third-order valence-corrected chi connectivity index (χ3v) is 19.1. The molecule has 24 heteroatoms. The van der Waals surface area contributed by atoms with Crippen molar-refractivity contribution in [2.75, 3.05) is 45.1 Å². The summed E-state index contributed by atoms with van der Waals surface area (Å²) in [5.41, 5.74) is 0.751. The number of ether oxygens (including phenoxy) is 2. The molecule has 3 unspecified atom stereocenters. The van der Waals surface area contributed by atoms with Crippen molar-refractivity contribution in [1.29, 1.82) is 0 Å². The summed E-state index contributed by atoms with van der Waals surface area (Å²) in [6, 6.07) is 4.57. The normalized spacial score (nSPS) is 22.0. The molecule has 4 N–H and O–H groups in total. The van der Waals surface area contributed by atoms with Gasteiger partial charge in [0.2, 0.25) is 59.2 Å². The highest BCUT2D eigenvalue weighted by molar-refractivity contribution is 8.01. The van der Waals surface area contributed by atoms with Gasteiger partial charge in [0, 0.05) is 71.0 Å². The minimum absolute atomic E-state index is 0.0361. The predicted octanol–water partition coefficient (Wildman–Crippen LogP) is 5.12. The molecule has 12 atom stereocenters. The number of benzene rings is 1. The topological polar surface area (TPSA) is 280 Å². The van der Waals surface area contributed by atoms with Gasteiger partial charge in [-0.2, -0.15) is 15.0 Å². The number of carboxylic acids is 1. The van der Waals surface area contributed by atoms with Crippen molar-refractivity contribution in [3.05, 3.63) is 35.9 Å². The molecule has 3 aliphatic heterocycles. The first-order chi connectivity index (χ1) is 38.5. The van der Waals surface area contributed by atoms with E-state index in [0.717, 1.165) is 42.6 Å². The molecule has 4 aliphatic rings. The van der Waals surface area contributed by atoms with Gasteiger partial charge in [0.05, 0.1) is 41.9 Å². The number of nitrogens with zero attached hydrogens (tertiary/aromatic N) is 7. The predicted molar refractivity (Wildman–Crippen MR) is 307 cm³/mol. The number of rotatable bonds is 25. The van der Waals surface area contributed by atoms with E-state index in [2.05, 4.69) is 30.9 Å². The highest BCUT2D eigenvalue weighted by atomic mass is 32.2. The number of hydrogen-bond donors (Lipinski definition) is 4. The summed E-state index contributed by atoms with van der Waals surface area (Å²) in [5, 5.41) is 18.5. The summed E-state index contributed by atoms with van der Waals surface area (Å²) >= 11 is 2.98. The highest BCUT2D eigenvalue weighted by Gasteiger charge is 2.46. The summed E-state index contributed by atoms with van der Waals surface area (Å²) < 4.78 is 12.0. The second-order valence-electron chi connectivity index (χ2n) is 22.7. The Kier molecular flexibility index (Phi) is 23.5. The lowest BCUT2D eigenvalue weighted by Crippen LogP contribution is -2.60. The average Bonchev–Trinajstić information content (AvgIpc) is 3.95. The average molecular weight is 1170 g/mol. The Labute approximate surface area is 484 Å². The first-order valence-electron chi connectivity index (χ1n) is 28.5. The van der Waals surface area contributed by atoms with Crippen LogP contribution in [0.5, 0.6) is 0 Å². The molecule has 1 saturated carbocycles. The van der Waals surface area contributed by atoms with E-state index in [4.69, 9.17) is 9.47 Å². The molecular weight excluding hydrogens is 1080 g/mol. The van der Waals surface area contributed by atoms with Crippen LogP contribution in [0.2, 0.25) is 0 Å². The van der Waals surface area contributed by atoms with Crippen LogP contribution in [0.15, 0.2) is 35.5 Å². The smallest absolute Gasteiger partial charge is 0.326 e. The zero-order chi connectivity index (χ0) is 59.4. The SMILES string of the molecule is CC[C@H](C)[C@@H]([C@@H](CC(=O)N1CCC[C@H]1[C@H](OC)[C@@H](C)C(=O)N[C@@H](Cc1ccccc1)C(=O)O)OC)N(C)C(=O)[C@@H](NC(=O)[C@H](C(C)C)N(C)C(=O)CCC(=O)Nc1nc2nc(n1)N1C(=O)CC(SC3CCCC(CC3)S2)C1=O)C(C)C. The molecule has 0 spiro atoms. The van der Waals surface area contributed by atoms with Crippen molar-refractivity contribution in [2.24, 2.45) is 23.7 Å². The molecule has 0 radical (unpaired) electrons. The number of carboxylic acid groups (broad SMARTS) is 1. The van der Waals surface area contributed by atoms with Crippen molar-refractivity contribution in [3.63, 3.8) is 0 Å². The standard InChI is InChI=1S/C57H84N10O12S2/c1-12-33(6)48(40(78-10)29-44(70)66-27-17-22-39(66)49(79-11)34(7)50(72)58-38(54(76)77)28-35-18-14-13-15-19-35)65(9)53(75)46(31(2)3)60-51(73)47(32(4)5)64(8)43(69)26-25-42(68)59-55-61-56-63-57(62-55)81-37-21-16-20-36(23-24-37)80-41-30-45(71)67(56)52(41)74/h13-15,18-19,31-34,36-41,46-49H,12,16-17,20-30H2,1-11H3,(H,58,72)(H,60,73)(H,76,77)(H,59,61,62,63,68)/t33-,34+,36?,37?,38-,39-,40+,41?,46-,47-,48-,49+/m0/s1. The number of aromatic nitrogens is 3. The number of fused-ring (bicyclic) bond motifs is 8. The van der Waals surface area contributed by atoms with Crippen molar-refractivity contribution >= 4 is 88.6 Å². The fraction of sp³-hybridized carbons (Fsp3) is 0.684. The lowest BCUT2D eigenvalue weighted by Gasteiger charge is -2.41. The van der Waals surface area contributed by atoms with Gasteiger partial charge in [0.15, 0.2) is 5.16 Å². The van der Waals surface area contributed by atoms with Crippen molar-refractivity contribution in [2.45, 2.75) is 195 Å². The molecule has 2 aromatic rings. The van der Waals surface area contributed by atoms with E-state index >= 15 is 0 Å². The van der Waals surface area contributed by atoms with Gasteiger partial charge in [-0.1, -0.05) is 103 Å². The summed E-state index contributed by atoms with van der Waals surface area (Å²) in [6.07, 6.45) is 4.27. The molecule has 1 aromatic heterocycles. The Bertz CT molecular complexity index is 2580. The largest absolute Gasteiger partial charge is 0.480 e. The van der Waals surface area contributed by atoms with E-state index in [0.29, 0.717) is 25.8 Å². The Balaban J connectivity index is 1.09. The van der Waals surface area contributed by atoms with Gasteiger partial charge >= 0.3 is 5.97 Å². The first-order valence-corrected chi connectivity index (χ1v) is 30.3. The second-order valence-corrected chi connectivity index (χ2v) is 25.4. The lowest BCUT2D eigenvalue weighted by molar-refractivity contribution is -0.149. The van der Waals surface area contributed by atoms with Crippen LogP contribution < -0.4 is 20.9 Å². The first kappa shape index (κ1) is 64.4. The van der Waals surface area contributed by atoms with Gasteiger partial charge in [0.1, 0.15) is 18.1 Å². The van der Waals surface area contributed by atoms with E-state index in [1.165, 1.54) is 42.8 Å². The van der Waals surface area contributed by atoms with Crippen molar-refractivity contribution in [1.82, 2.24) is 40.3 Å². The molecule has 3 fully saturated rings. The number of anilines is 2.